The summed E-state index contributed by atoms with van der Waals surface area (Å²) < 4.78 is 0. The predicted molar refractivity (Wildman–Crippen MR) is 40.7 cm³/mol. The van der Waals surface area contributed by atoms with E-state index in [-0.39, 0.29) is 41.9 Å². The molecule has 1 aliphatic heterocycles. The molecular weight excluding hydrogens is 163 g/mol. The van der Waals surface area contributed by atoms with Crippen LogP contribution in [0.2, 0.25) is 0 Å². The molecule has 3 nitrogen and oxygen atoms in total. The molecule has 1 rings (SSSR count). The van der Waals surface area contributed by atoms with Crippen molar-refractivity contribution in [1.29, 1.82) is 5.26 Å². The van der Waals surface area contributed by atoms with Crippen LogP contribution < -0.4 is 29.6 Å². The van der Waals surface area contributed by atoms with Crippen LogP contribution in [0.1, 0.15) is 25.7 Å². The van der Waals surface area contributed by atoms with E-state index < -0.39 is 0 Å². The van der Waals surface area contributed by atoms with Crippen LogP contribution in [0.25, 0.3) is 0 Å². The van der Waals surface area contributed by atoms with E-state index in [1.807, 2.05) is 6.07 Å². The molecular formula is C8H12N2NaO+. The van der Waals surface area contributed by atoms with Crippen LogP contribution in [-0.2, 0) is 4.79 Å². The smallest absolute Gasteiger partial charge is 0.342 e. The molecule has 0 aliphatic carbocycles. The Morgan fingerprint density at radius 3 is 2.42 bits per heavy atom. The molecule has 4 heteroatoms. The average molecular weight is 175 g/mol. The molecule has 60 valence electrons. The monoisotopic (exact) mass is 175 g/mol. The third kappa shape index (κ3) is 3.57. The van der Waals surface area contributed by atoms with E-state index in [1.165, 1.54) is 6.42 Å². The number of carbonyl (C=O) groups is 1. The first kappa shape index (κ1) is 12.0. The number of amides is 1. The van der Waals surface area contributed by atoms with Crippen LogP contribution in [0.3, 0.4) is 0 Å². The Kier molecular flexibility index (Phi) is 6.45. The zero-order valence-electron chi connectivity index (χ0n) is 7.55. The van der Waals surface area contributed by atoms with Crippen LogP contribution in [0, 0.1) is 11.3 Å². The van der Waals surface area contributed by atoms with E-state index in [0.717, 1.165) is 25.9 Å². The molecule has 0 unspecified atom stereocenters. The van der Waals surface area contributed by atoms with Gasteiger partial charge in [0, 0.05) is 13.1 Å². The Morgan fingerprint density at radius 2 is 1.92 bits per heavy atom. The predicted octanol–water partition coefficient (Wildman–Crippen LogP) is -2.08. The normalized spacial score (nSPS) is 16.1. The van der Waals surface area contributed by atoms with Crippen LogP contribution in [-0.4, -0.2) is 23.9 Å². The minimum atomic E-state index is -0.00722. The van der Waals surface area contributed by atoms with Gasteiger partial charge in [-0.15, -0.1) is 0 Å². The summed E-state index contributed by atoms with van der Waals surface area (Å²) in [4.78, 5) is 12.9. The summed E-state index contributed by atoms with van der Waals surface area (Å²) in [6.45, 7) is 1.70. The average Bonchev–Trinajstić information content (AvgIpc) is 2.07. The summed E-state index contributed by atoms with van der Waals surface area (Å²) in [6, 6.07) is 1.87. The number of hydrogen-bond acceptors (Lipinski definition) is 2. The van der Waals surface area contributed by atoms with Crippen molar-refractivity contribution in [1.82, 2.24) is 4.90 Å². The quantitative estimate of drug-likeness (QED) is 0.429. The van der Waals surface area contributed by atoms with Crippen molar-refractivity contribution < 1.29 is 34.4 Å². The Labute approximate surface area is 95.0 Å². The van der Waals surface area contributed by atoms with Gasteiger partial charge in [-0.1, -0.05) is 0 Å². The van der Waals surface area contributed by atoms with Gasteiger partial charge in [0.05, 0.1) is 6.07 Å². The number of likely N-dealkylation sites (tertiary alicyclic amines) is 1. The fourth-order valence-electron chi connectivity index (χ4n) is 1.32. The topological polar surface area (TPSA) is 44.1 Å². The number of nitriles is 1. The van der Waals surface area contributed by atoms with Gasteiger partial charge in [-0.25, -0.2) is 0 Å². The van der Waals surface area contributed by atoms with Gasteiger partial charge in [0.2, 0.25) is 5.91 Å². The van der Waals surface area contributed by atoms with Crippen molar-refractivity contribution >= 4 is 5.91 Å². The largest absolute Gasteiger partial charge is 1.00 e. The molecule has 1 heterocycles. The SMILES string of the molecule is N#CCC(=O)N1CCCCC1.[Na+]. The molecule has 0 N–H and O–H groups in total. The zero-order chi connectivity index (χ0) is 8.10. The first-order chi connectivity index (χ1) is 5.34. The maximum Gasteiger partial charge on any atom is 1.00 e. The van der Waals surface area contributed by atoms with Gasteiger partial charge in [0.1, 0.15) is 6.42 Å². The number of piperidine rings is 1. The van der Waals surface area contributed by atoms with Crippen molar-refractivity contribution in [3.8, 4) is 6.07 Å². The van der Waals surface area contributed by atoms with E-state index in [2.05, 4.69) is 0 Å². The number of carbonyl (C=O) groups excluding carboxylic acids is 1. The van der Waals surface area contributed by atoms with E-state index in [0.29, 0.717) is 0 Å². The molecule has 1 aliphatic rings. The minimum Gasteiger partial charge on any atom is -0.342 e. The maximum atomic E-state index is 11.1. The van der Waals surface area contributed by atoms with Crippen molar-refractivity contribution in [2.45, 2.75) is 25.7 Å². The number of nitrogens with zero attached hydrogens (tertiary/aromatic N) is 2. The molecule has 0 aromatic rings. The molecule has 1 saturated heterocycles. The molecule has 1 fully saturated rings. The maximum absolute atomic E-state index is 11.1. The molecule has 0 radical (unpaired) electrons. The molecule has 0 spiro atoms. The van der Waals surface area contributed by atoms with Gasteiger partial charge in [-0.05, 0) is 19.3 Å². The van der Waals surface area contributed by atoms with Crippen molar-refractivity contribution in [3.05, 3.63) is 0 Å². The summed E-state index contributed by atoms with van der Waals surface area (Å²) in [5, 5.41) is 8.27. The minimum absolute atomic E-state index is 0. The van der Waals surface area contributed by atoms with Gasteiger partial charge >= 0.3 is 29.6 Å². The number of rotatable bonds is 1. The molecule has 0 aromatic carbocycles. The van der Waals surface area contributed by atoms with Gasteiger partial charge in [-0.3, -0.25) is 4.79 Å². The summed E-state index contributed by atoms with van der Waals surface area (Å²) in [5.74, 6) is -0.00722. The number of hydrogen-bond donors (Lipinski definition) is 0. The second kappa shape index (κ2) is 6.47. The molecule has 1 amide bonds. The Balaban J connectivity index is 0.00000121. The Morgan fingerprint density at radius 1 is 1.33 bits per heavy atom. The van der Waals surface area contributed by atoms with Crippen LogP contribution in [0.15, 0.2) is 0 Å². The fourth-order valence-corrected chi connectivity index (χ4v) is 1.32. The van der Waals surface area contributed by atoms with E-state index in [9.17, 15) is 4.79 Å². The third-order valence-corrected chi connectivity index (χ3v) is 1.94. The Hall–Kier alpha value is -0.0400. The van der Waals surface area contributed by atoms with Gasteiger partial charge in [0.25, 0.3) is 0 Å². The first-order valence-electron chi connectivity index (χ1n) is 3.99. The van der Waals surface area contributed by atoms with Gasteiger partial charge in [-0.2, -0.15) is 5.26 Å². The molecule has 0 aromatic heterocycles. The summed E-state index contributed by atoms with van der Waals surface area (Å²) in [6.07, 6.45) is 3.45. The summed E-state index contributed by atoms with van der Waals surface area (Å²) >= 11 is 0. The summed E-state index contributed by atoms with van der Waals surface area (Å²) in [5.41, 5.74) is 0. The van der Waals surface area contributed by atoms with Gasteiger partial charge < -0.3 is 4.90 Å². The van der Waals surface area contributed by atoms with E-state index in [1.54, 1.807) is 4.90 Å². The second-order valence-electron chi connectivity index (χ2n) is 2.78. The van der Waals surface area contributed by atoms with Gasteiger partial charge in [0.15, 0.2) is 0 Å². The van der Waals surface area contributed by atoms with Crippen molar-refractivity contribution in [2.75, 3.05) is 13.1 Å². The van der Waals surface area contributed by atoms with Crippen molar-refractivity contribution in [2.24, 2.45) is 0 Å². The Bertz CT molecular complexity index is 182. The zero-order valence-corrected chi connectivity index (χ0v) is 9.55. The van der Waals surface area contributed by atoms with E-state index in [4.69, 9.17) is 5.26 Å². The standard InChI is InChI=1S/C8H12N2O.Na/c9-5-4-8(11)10-6-2-1-3-7-10;/h1-4,6-7H2;/q;+1. The molecule has 0 atom stereocenters. The van der Waals surface area contributed by atoms with E-state index >= 15 is 0 Å². The molecule has 12 heavy (non-hydrogen) atoms. The van der Waals surface area contributed by atoms with Crippen molar-refractivity contribution in [3.63, 3.8) is 0 Å². The van der Waals surface area contributed by atoms with Crippen LogP contribution in [0.5, 0.6) is 0 Å². The van der Waals surface area contributed by atoms with Crippen LogP contribution in [0.4, 0.5) is 0 Å². The first-order valence-corrected chi connectivity index (χ1v) is 3.99. The fraction of sp³-hybridized carbons (Fsp3) is 0.750. The third-order valence-electron chi connectivity index (χ3n) is 1.94. The second-order valence-corrected chi connectivity index (χ2v) is 2.78. The summed E-state index contributed by atoms with van der Waals surface area (Å²) in [7, 11) is 0. The molecule has 0 bridgehead atoms. The van der Waals surface area contributed by atoms with Crippen LogP contribution >= 0.6 is 0 Å². The molecule has 0 saturated carbocycles.